The average Bonchev–Trinajstić information content (AvgIpc) is 3.23. The Morgan fingerprint density at radius 3 is 2.52 bits per heavy atom. The molecule has 0 aromatic heterocycles. The second kappa shape index (κ2) is 6.90. The van der Waals surface area contributed by atoms with E-state index in [1.54, 1.807) is 16.8 Å². The van der Waals surface area contributed by atoms with Gasteiger partial charge < -0.3 is 36.4 Å². The van der Waals surface area contributed by atoms with Crippen molar-refractivity contribution in [2.45, 2.75) is 43.2 Å². The van der Waals surface area contributed by atoms with E-state index in [4.69, 9.17) is 21.5 Å². The number of aliphatic carboxylic acids is 1. The molecule has 4 atom stereocenters. The van der Waals surface area contributed by atoms with E-state index >= 15 is 0 Å². The molecule has 2 unspecified atom stereocenters. The predicted molar refractivity (Wildman–Crippen MR) is 101 cm³/mol. The minimum absolute atomic E-state index is 0.00130. The van der Waals surface area contributed by atoms with Crippen molar-refractivity contribution < 1.29 is 19.9 Å². The Kier molecular flexibility index (Phi) is 5.06. The Hall–Kier alpha value is -1.95. The third kappa shape index (κ3) is 3.36. The number of carboxylic acids is 1. The van der Waals surface area contributed by atoms with Crippen LogP contribution in [0.15, 0.2) is 9.59 Å². The second-order valence-electron chi connectivity index (χ2n) is 7.77. The molecule has 0 spiro atoms. The lowest BCUT2D eigenvalue weighted by molar-refractivity contribution is -0.144. The summed E-state index contributed by atoms with van der Waals surface area (Å²) in [6.07, 6.45) is 1.60. The fourth-order valence-corrected chi connectivity index (χ4v) is 4.05. The molecule has 1 aliphatic heterocycles. The summed E-state index contributed by atoms with van der Waals surface area (Å²) in [6, 6.07) is -0.0466. The van der Waals surface area contributed by atoms with Gasteiger partial charge in [-0.05, 0) is 19.2 Å². The normalized spacial score (nSPS) is 30.0. The van der Waals surface area contributed by atoms with E-state index in [1.165, 1.54) is 0 Å². The molecule has 1 saturated heterocycles. The van der Waals surface area contributed by atoms with Gasteiger partial charge in [0.15, 0.2) is 0 Å². The molecule has 7 N–H and O–H groups in total. The Bertz CT molecular complexity index is 809. The molecule has 1 aromatic rings. The van der Waals surface area contributed by atoms with Crippen LogP contribution in [0.1, 0.15) is 19.3 Å². The Morgan fingerprint density at radius 1 is 1.37 bits per heavy atom. The van der Waals surface area contributed by atoms with E-state index in [0.29, 0.717) is 12.8 Å². The summed E-state index contributed by atoms with van der Waals surface area (Å²) in [6.45, 7) is 0.129. The van der Waals surface area contributed by atoms with Gasteiger partial charge in [-0.1, -0.05) is 6.42 Å². The molecule has 1 saturated carbocycles. The van der Waals surface area contributed by atoms with Crippen molar-refractivity contribution in [2.24, 2.45) is 17.4 Å². The molecule has 27 heavy (non-hydrogen) atoms. The summed E-state index contributed by atoms with van der Waals surface area (Å²) in [5, 5.41) is 27.6. The van der Waals surface area contributed by atoms with Crippen LogP contribution in [-0.2, 0) is 4.79 Å². The Morgan fingerprint density at radius 2 is 2.00 bits per heavy atom. The lowest BCUT2D eigenvalue weighted by Gasteiger charge is -2.29. The number of anilines is 2. The quantitative estimate of drug-likeness (QED) is 0.236. The van der Waals surface area contributed by atoms with Crippen LogP contribution < -0.4 is 32.1 Å². The Balaban J connectivity index is 1.82. The number of nitrogens with zero attached hydrogens (tertiary/aromatic N) is 2. The molecule has 3 rings (SSSR count). The zero-order chi connectivity index (χ0) is 20.1. The number of hydrogen-bond donors (Lipinski definition) is 5. The summed E-state index contributed by atoms with van der Waals surface area (Å²) in [5.74, 6) is -1.67. The molecule has 11 heteroatoms. The number of hydrogen-bond acceptors (Lipinski definition) is 9. The lowest BCUT2D eigenvalue weighted by atomic mass is 9.78. The molecular weight excluding hydrogens is 355 g/mol. The first-order valence-corrected chi connectivity index (χ1v) is 9.03. The summed E-state index contributed by atoms with van der Waals surface area (Å²) < 4.78 is 0. The molecule has 0 bridgehead atoms. The maximum Gasteiger partial charge on any atom is 0.451 e. The van der Waals surface area contributed by atoms with E-state index < -0.39 is 35.4 Å². The van der Waals surface area contributed by atoms with Crippen molar-refractivity contribution in [1.29, 1.82) is 0 Å². The maximum absolute atomic E-state index is 12.2. The number of likely N-dealkylation sites (N-methyl/N-ethyl adjacent to an activating group) is 1. The fraction of sp³-hybridized carbons (Fsp3) is 0.688. The number of rotatable bonds is 8. The van der Waals surface area contributed by atoms with E-state index in [2.05, 4.69) is 0 Å². The predicted octanol–water partition coefficient (Wildman–Crippen LogP) is -2.71. The molecule has 1 heterocycles. The van der Waals surface area contributed by atoms with Gasteiger partial charge in [0.05, 0.1) is 0 Å². The van der Waals surface area contributed by atoms with Gasteiger partial charge in [-0.15, -0.1) is 0 Å². The third-order valence-electron chi connectivity index (χ3n) is 5.87. The number of carboxylic acid groups (broad SMARTS) is 1. The average molecular weight is 380 g/mol. The van der Waals surface area contributed by atoms with Crippen molar-refractivity contribution >= 4 is 24.5 Å². The first kappa shape index (κ1) is 19.8. The van der Waals surface area contributed by atoms with Crippen LogP contribution in [0, 0.1) is 5.92 Å². The summed E-state index contributed by atoms with van der Waals surface area (Å²) in [5.41, 5.74) is 9.67. The molecule has 2 fully saturated rings. The van der Waals surface area contributed by atoms with Crippen molar-refractivity contribution in [3.63, 3.8) is 0 Å². The van der Waals surface area contributed by atoms with Gasteiger partial charge >= 0.3 is 13.1 Å². The highest BCUT2D eigenvalue weighted by atomic mass is 16.4. The molecule has 1 aliphatic carbocycles. The van der Waals surface area contributed by atoms with Crippen LogP contribution in [0.2, 0.25) is 6.32 Å². The molecular formula is C16H25BN4O6. The van der Waals surface area contributed by atoms with Gasteiger partial charge in [-0.2, -0.15) is 0 Å². The summed E-state index contributed by atoms with van der Waals surface area (Å²) in [4.78, 5) is 39.4. The van der Waals surface area contributed by atoms with Gasteiger partial charge in [-0.25, -0.2) is 0 Å². The van der Waals surface area contributed by atoms with Gasteiger partial charge in [0.25, 0.3) is 10.9 Å². The highest BCUT2D eigenvalue weighted by Gasteiger charge is 2.51. The number of carbonyl (C=O) groups is 1. The molecule has 2 aliphatic rings. The molecule has 10 nitrogen and oxygen atoms in total. The topological polar surface area (TPSA) is 170 Å². The fourth-order valence-electron chi connectivity index (χ4n) is 4.05. The molecule has 148 valence electrons. The van der Waals surface area contributed by atoms with Gasteiger partial charge in [0.1, 0.15) is 16.9 Å². The number of nitrogens with two attached hydrogens (primary N) is 2. The van der Waals surface area contributed by atoms with E-state index in [1.807, 2.05) is 0 Å². The van der Waals surface area contributed by atoms with Crippen molar-refractivity contribution in [3.05, 3.63) is 20.4 Å². The Labute approximate surface area is 156 Å². The highest BCUT2D eigenvalue weighted by Crippen LogP contribution is 2.38. The smallest absolute Gasteiger partial charge is 0.451 e. The van der Waals surface area contributed by atoms with Crippen LogP contribution in [-0.4, -0.2) is 66.0 Å². The van der Waals surface area contributed by atoms with Crippen molar-refractivity contribution in [3.8, 4) is 0 Å². The highest BCUT2D eigenvalue weighted by molar-refractivity contribution is 6.40. The first-order chi connectivity index (χ1) is 12.6. The van der Waals surface area contributed by atoms with Crippen LogP contribution in [0.3, 0.4) is 0 Å². The largest absolute Gasteiger partial charge is 0.480 e. The summed E-state index contributed by atoms with van der Waals surface area (Å²) >= 11 is 0. The monoisotopic (exact) mass is 380 g/mol. The van der Waals surface area contributed by atoms with E-state index in [-0.39, 0.29) is 42.9 Å². The standard InChI is InChI=1S/C16H25BN4O6/c1-20(10-5-9(10)18)11-12(14(23)13(11)22)21-6-8(3-2-4-17(26)27)16(19,7-21)15(24)25/h8-10,26-27H,2-7,18-19H2,1H3,(H,24,25)/t8-,9?,10?,16-/m0/s1. The van der Waals surface area contributed by atoms with Crippen LogP contribution in [0.25, 0.3) is 0 Å². The second-order valence-corrected chi connectivity index (χ2v) is 7.77. The van der Waals surface area contributed by atoms with Crippen LogP contribution >= 0.6 is 0 Å². The zero-order valence-corrected chi connectivity index (χ0v) is 15.2. The molecule has 1 aromatic carbocycles. The summed E-state index contributed by atoms with van der Waals surface area (Å²) in [7, 11) is 0.247. The third-order valence-corrected chi connectivity index (χ3v) is 5.87. The van der Waals surface area contributed by atoms with Crippen LogP contribution in [0.4, 0.5) is 11.4 Å². The first-order valence-electron chi connectivity index (χ1n) is 9.03. The SMILES string of the molecule is CN(c1c(N2C[C@H](CCCB(O)O)[C@](N)(C(=O)O)C2)c(=O)c1=O)C1CC1N. The lowest BCUT2D eigenvalue weighted by Crippen LogP contribution is -2.55. The van der Waals surface area contributed by atoms with Crippen molar-refractivity contribution in [1.82, 2.24) is 0 Å². The maximum atomic E-state index is 12.2. The van der Waals surface area contributed by atoms with Gasteiger partial charge in [0.2, 0.25) is 0 Å². The zero-order valence-electron chi connectivity index (χ0n) is 15.2. The van der Waals surface area contributed by atoms with Gasteiger partial charge in [0, 0.05) is 38.1 Å². The minimum Gasteiger partial charge on any atom is -0.480 e. The molecule has 0 amide bonds. The van der Waals surface area contributed by atoms with E-state index in [0.717, 1.165) is 6.42 Å². The minimum atomic E-state index is -1.58. The molecule has 0 radical (unpaired) electrons. The van der Waals surface area contributed by atoms with E-state index in [9.17, 15) is 19.5 Å². The van der Waals surface area contributed by atoms with Gasteiger partial charge in [-0.3, -0.25) is 14.4 Å². The van der Waals surface area contributed by atoms with Crippen molar-refractivity contribution in [2.75, 3.05) is 29.9 Å². The van der Waals surface area contributed by atoms with Crippen LogP contribution in [0.5, 0.6) is 0 Å².